The van der Waals surface area contributed by atoms with Crippen LogP contribution in [0.4, 0.5) is 11.4 Å². The molecule has 0 bridgehead atoms. The van der Waals surface area contributed by atoms with Crippen molar-refractivity contribution >= 4 is 22.4 Å². The molecular formula is C20H24N4O2. The van der Waals surface area contributed by atoms with Gasteiger partial charge in [0.05, 0.1) is 16.7 Å². The van der Waals surface area contributed by atoms with Crippen molar-refractivity contribution in [2.24, 2.45) is 14.1 Å². The molecule has 0 saturated heterocycles. The lowest BCUT2D eigenvalue weighted by molar-refractivity contribution is 0.759. The second-order valence-corrected chi connectivity index (χ2v) is 7.42. The number of imidazole rings is 1. The molecule has 26 heavy (non-hydrogen) atoms. The summed E-state index contributed by atoms with van der Waals surface area (Å²) >= 11 is 0. The molecule has 3 aromatic rings. The number of benzene rings is 1. The number of hydrogen-bond donors (Lipinski definition) is 1. The van der Waals surface area contributed by atoms with Crippen molar-refractivity contribution in [2.75, 3.05) is 11.4 Å². The fourth-order valence-corrected chi connectivity index (χ4v) is 4.02. The maximum atomic E-state index is 12.5. The largest absolute Gasteiger partial charge is 0.341 e. The van der Waals surface area contributed by atoms with Gasteiger partial charge in [-0.15, -0.1) is 0 Å². The summed E-state index contributed by atoms with van der Waals surface area (Å²) in [6.07, 6.45) is 3.82. The van der Waals surface area contributed by atoms with Crippen LogP contribution in [0.2, 0.25) is 0 Å². The number of aryl methyl sites for hydroxylation is 3. The molecule has 1 N–H and O–H groups in total. The van der Waals surface area contributed by atoms with Gasteiger partial charge in [-0.1, -0.05) is 13.8 Å². The maximum Gasteiger partial charge on any atom is 0.328 e. The third-order valence-electron chi connectivity index (χ3n) is 5.41. The van der Waals surface area contributed by atoms with E-state index in [0.717, 1.165) is 52.9 Å². The Morgan fingerprint density at radius 1 is 1.08 bits per heavy atom. The molecule has 4 rings (SSSR count). The highest BCUT2D eigenvalue weighted by molar-refractivity contribution is 5.86. The van der Waals surface area contributed by atoms with E-state index in [2.05, 4.69) is 35.9 Å². The summed E-state index contributed by atoms with van der Waals surface area (Å²) in [5.74, 6) is 0.286. The molecule has 3 heterocycles. The highest BCUT2D eigenvalue weighted by atomic mass is 16.1. The van der Waals surface area contributed by atoms with Crippen molar-refractivity contribution in [3.8, 4) is 0 Å². The van der Waals surface area contributed by atoms with Crippen LogP contribution >= 0.6 is 0 Å². The number of hydrogen-bond acceptors (Lipinski definition) is 3. The number of aromatic amines is 1. The van der Waals surface area contributed by atoms with Crippen LogP contribution in [-0.2, 0) is 20.5 Å². The molecule has 2 aromatic heterocycles. The zero-order valence-electron chi connectivity index (χ0n) is 15.7. The number of H-pyrrole nitrogens is 1. The lowest BCUT2D eigenvalue weighted by atomic mass is 9.98. The minimum Gasteiger partial charge on any atom is -0.341 e. The minimum absolute atomic E-state index is 0.0189. The van der Waals surface area contributed by atoms with E-state index in [1.54, 1.807) is 15.2 Å². The van der Waals surface area contributed by atoms with Gasteiger partial charge in [0.15, 0.2) is 0 Å². The second kappa shape index (κ2) is 5.90. The van der Waals surface area contributed by atoms with Crippen LogP contribution in [0.25, 0.3) is 11.0 Å². The summed E-state index contributed by atoms with van der Waals surface area (Å²) in [7, 11) is 3.64. The van der Waals surface area contributed by atoms with Gasteiger partial charge in [-0.3, -0.25) is 13.9 Å². The SMILES string of the molecule is CC(C)c1cc(N2CCCc3c[nH]c(=O)cc32)cc2c1n(C)c(=O)n2C. The lowest BCUT2D eigenvalue weighted by Gasteiger charge is -2.31. The molecule has 136 valence electrons. The molecule has 1 aromatic carbocycles. The first-order valence-electron chi connectivity index (χ1n) is 9.07. The van der Waals surface area contributed by atoms with Gasteiger partial charge in [0.25, 0.3) is 0 Å². The molecule has 0 aliphatic carbocycles. The summed E-state index contributed by atoms with van der Waals surface area (Å²) < 4.78 is 3.43. The van der Waals surface area contributed by atoms with E-state index in [1.165, 1.54) is 0 Å². The van der Waals surface area contributed by atoms with Crippen LogP contribution in [-0.4, -0.2) is 20.7 Å². The van der Waals surface area contributed by atoms with E-state index in [4.69, 9.17) is 0 Å². The number of aromatic nitrogens is 3. The van der Waals surface area contributed by atoms with Gasteiger partial charge in [-0.2, -0.15) is 0 Å². The second-order valence-electron chi connectivity index (χ2n) is 7.42. The van der Waals surface area contributed by atoms with Crippen LogP contribution in [0.15, 0.2) is 34.0 Å². The highest BCUT2D eigenvalue weighted by Gasteiger charge is 2.22. The Bertz CT molecular complexity index is 1120. The molecule has 0 unspecified atom stereocenters. The van der Waals surface area contributed by atoms with Crippen molar-refractivity contribution in [1.29, 1.82) is 0 Å². The fourth-order valence-electron chi connectivity index (χ4n) is 4.02. The van der Waals surface area contributed by atoms with Crippen molar-refractivity contribution < 1.29 is 0 Å². The Morgan fingerprint density at radius 3 is 2.58 bits per heavy atom. The normalized spacial score (nSPS) is 14.3. The first kappa shape index (κ1) is 16.7. The molecule has 0 fully saturated rings. The average molecular weight is 352 g/mol. The van der Waals surface area contributed by atoms with Crippen LogP contribution in [0.5, 0.6) is 0 Å². The van der Waals surface area contributed by atoms with Crippen molar-refractivity contribution in [3.05, 3.63) is 56.4 Å². The molecule has 0 amide bonds. The topological polar surface area (TPSA) is 63.0 Å². The van der Waals surface area contributed by atoms with Crippen LogP contribution in [0, 0.1) is 0 Å². The van der Waals surface area contributed by atoms with E-state index in [9.17, 15) is 9.59 Å². The number of fused-ring (bicyclic) bond motifs is 2. The first-order valence-corrected chi connectivity index (χ1v) is 9.07. The number of anilines is 2. The van der Waals surface area contributed by atoms with Gasteiger partial charge in [0, 0.05) is 38.6 Å². The third-order valence-corrected chi connectivity index (χ3v) is 5.41. The zero-order valence-corrected chi connectivity index (χ0v) is 15.7. The quantitative estimate of drug-likeness (QED) is 0.771. The van der Waals surface area contributed by atoms with Crippen molar-refractivity contribution in [1.82, 2.24) is 14.1 Å². The van der Waals surface area contributed by atoms with Gasteiger partial charge in [0.2, 0.25) is 5.56 Å². The lowest BCUT2D eigenvalue weighted by Crippen LogP contribution is -2.26. The number of pyridine rings is 1. The van der Waals surface area contributed by atoms with E-state index in [1.807, 2.05) is 20.3 Å². The molecule has 6 heteroatoms. The minimum atomic E-state index is -0.0899. The Hall–Kier alpha value is -2.76. The van der Waals surface area contributed by atoms with Gasteiger partial charge in [-0.25, -0.2) is 4.79 Å². The van der Waals surface area contributed by atoms with E-state index < -0.39 is 0 Å². The molecule has 0 atom stereocenters. The Labute approximate surface area is 151 Å². The summed E-state index contributed by atoms with van der Waals surface area (Å²) in [4.78, 5) is 29.3. The first-order chi connectivity index (χ1) is 12.4. The summed E-state index contributed by atoms with van der Waals surface area (Å²) in [5, 5.41) is 0. The van der Waals surface area contributed by atoms with Gasteiger partial charge >= 0.3 is 5.69 Å². The zero-order chi connectivity index (χ0) is 18.6. The van der Waals surface area contributed by atoms with E-state index in [-0.39, 0.29) is 17.2 Å². The number of nitrogens with one attached hydrogen (secondary N) is 1. The Balaban J connectivity index is 2.00. The number of nitrogens with zero attached hydrogens (tertiary/aromatic N) is 3. The summed E-state index contributed by atoms with van der Waals surface area (Å²) in [5.41, 5.74) is 6.11. The molecule has 0 radical (unpaired) electrons. The van der Waals surface area contributed by atoms with Crippen LogP contribution in [0.1, 0.15) is 37.3 Å². The molecule has 0 saturated carbocycles. The molecule has 1 aliphatic rings. The van der Waals surface area contributed by atoms with Crippen LogP contribution in [0.3, 0.4) is 0 Å². The monoisotopic (exact) mass is 352 g/mol. The predicted octanol–water partition coefficient (Wildman–Crippen LogP) is 2.77. The van der Waals surface area contributed by atoms with Crippen molar-refractivity contribution in [2.45, 2.75) is 32.6 Å². The van der Waals surface area contributed by atoms with Crippen LogP contribution < -0.4 is 16.1 Å². The van der Waals surface area contributed by atoms with E-state index >= 15 is 0 Å². The van der Waals surface area contributed by atoms with E-state index in [0.29, 0.717) is 0 Å². The Kier molecular flexibility index (Phi) is 3.79. The standard InChI is InChI=1S/C20H24N4O2/c1-12(2)15-8-14(9-17-19(15)23(4)20(26)22(17)3)24-7-5-6-13-11-21-18(25)10-16(13)24/h8-12H,5-7H2,1-4H3,(H,21,25). The highest BCUT2D eigenvalue weighted by Crippen LogP contribution is 2.36. The van der Waals surface area contributed by atoms with Crippen molar-refractivity contribution in [3.63, 3.8) is 0 Å². The smallest absolute Gasteiger partial charge is 0.328 e. The molecule has 1 aliphatic heterocycles. The number of rotatable bonds is 2. The average Bonchev–Trinajstić information content (AvgIpc) is 2.84. The Morgan fingerprint density at radius 2 is 1.85 bits per heavy atom. The maximum absolute atomic E-state index is 12.5. The third kappa shape index (κ3) is 2.40. The van der Waals surface area contributed by atoms with Gasteiger partial charge in [0.1, 0.15) is 0 Å². The molecular weight excluding hydrogens is 328 g/mol. The molecule has 6 nitrogen and oxygen atoms in total. The summed E-state index contributed by atoms with van der Waals surface area (Å²) in [6.45, 7) is 5.15. The fraction of sp³-hybridized carbons (Fsp3) is 0.400. The van der Waals surface area contributed by atoms with Gasteiger partial charge in [-0.05, 0) is 42.0 Å². The van der Waals surface area contributed by atoms with Gasteiger partial charge < -0.3 is 9.88 Å². The predicted molar refractivity (Wildman–Crippen MR) is 105 cm³/mol. The summed E-state index contributed by atoms with van der Waals surface area (Å²) in [6, 6.07) is 5.92. The molecule has 0 spiro atoms.